The van der Waals surface area contributed by atoms with Gasteiger partial charge in [-0.1, -0.05) is 18.2 Å². The van der Waals surface area contributed by atoms with Gasteiger partial charge < -0.3 is 5.73 Å². The van der Waals surface area contributed by atoms with Gasteiger partial charge in [0.05, 0.1) is 16.7 Å². The van der Waals surface area contributed by atoms with Crippen molar-refractivity contribution in [3.63, 3.8) is 0 Å². The van der Waals surface area contributed by atoms with Crippen molar-refractivity contribution in [2.24, 2.45) is 0 Å². The summed E-state index contributed by atoms with van der Waals surface area (Å²) < 4.78 is 2.00. The van der Waals surface area contributed by atoms with Crippen LogP contribution >= 0.6 is 0 Å². The van der Waals surface area contributed by atoms with Gasteiger partial charge in [0.1, 0.15) is 0 Å². The quantitative estimate of drug-likeness (QED) is 0.578. The Kier molecular flexibility index (Phi) is 2.44. The van der Waals surface area contributed by atoms with Crippen LogP contribution in [-0.2, 0) is 0 Å². The molecule has 0 aliphatic carbocycles. The zero-order chi connectivity index (χ0) is 14.4. The fourth-order valence-corrected chi connectivity index (χ4v) is 2.76. The number of hydrogen-bond acceptors (Lipinski definition) is 3. The van der Waals surface area contributed by atoms with Crippen LogP contribution < -0.4 is 5.73 Å². The first-order valence-electron chi connectivity index (χ1n) is 6.82. The van der Waals surface area contributed by atoms with E-state index in [2.05, 4.69) is 41.2 Å². The number of imidazole rings is 1. The van der Waals surface area contributed by atoms with Crippen LogP contribution in [0.25, 0.3) is 27.5 Å². The molecule has 4 nitrogen and oxygen atoms in total. The molecule has 0 atom stereocenters. The molecule has 21 heavy (non-hydrogen) atoms. The summed E-state index contributed by atoms with van der Waals surface area (Å²) in [4.78, 5) is 8.66. The molecule has 4 rings (SSSR count). The molecule has 0 amide bonds. The molecule has 4 aromatic rings. The standard InChI is InChI=1S/C17H14N4/c1-11-5-6-16-14(9-11)20-17(18)21(16)15-4-2-3-12-10-19-8-7-13(12)15/h2-10H,1H3,(H2,18,20). The average molecular weight is 274 g/mol. The van der Waals surface area contributed by atoms with Crippen LogP contribution in [-0.4, -0.2) is 14.5 Å². The largest absolute Gasteiger partial charge is 0.369 e. The Balaban J connectivity index is 2.11. The summed E-state index contributed by atoms with van der Waals surface area (Å²) in [6, 6.07) is 14.3. The normalized spacial score (nSPS) is 11.3. The van der Waals surface area contributed by atoms with E-state index in [1.54, 1.807) is 6.20 Å². The molecule has 4 heteroatoms. The minimum Gasteiger partial charge on any atom is -0.369 e. The molecule has 0 spiro atoms. The van der Waals surface area contributed by atoms with Gasteiger partial charge in [0.25, 0.3) is 0 Å². The molecule has 2 heterocycles. The van der Waals surface area contributed by atoms with E-state index in [0.717, 1.165) is 27.5 Å². The Morgan fingerprint density at radius 2 is 2.00 bits per heavy atom. The summed E-state index contributed by atoms with van der Waals surface area (Å²) in [5.41, 5.74) is 10.3. The lowest BCUT2D eigenvalue weighted by Crippen LogP contribution is -2.01. The molecule has 2 aromatic heterocycles. The van der Waals surface area contributed by atoms with E-state index < -0.39 is 0 Å². The zero-order valence-electron chi connectivity index (χ0n) is 11.6. The predicted octanol–water partition coefficient (Wildman–Crippen LogP) is 3.46. The van der Waals surface area contributed by atoms with Crippen molar-refractivity contribution in [2.45, 2.75) is 6.92 Å². The molecule has 0 aliphatic heterocycles. The average Bonchev–Trinajstić information content (AvgIpc) is 2.81. The second-order valence-electron chi connectivity index (χ2n) is 5.17. The van der Waals surface area contributed by atoms with Crippen LogP contribution in [0.15, 0.2) is 54.9 Å². The first kappa shape index (κ1) is 11.9. The number of nitrogens with zero attached hydrogens (tertiary/aromatic N) is 3. The lowest BCUT2D eigenvalue weighted by molar-refractivity contribution is 1.12. The summed E-state index contributed by atoms with van der Waals surface area (Å²) in [5, 5.41) is 2.20. The number of benzene rings is 2. The van der Waals surface area contributed by atoms with Crippen LogP contribution in [0.4, 0.5) is 5.95 Å². The van der Waals surface area contributed by atoms with Crippen LogP contribution in [0.2, 0.25) is 0 Å². The van der Waals surface area contributed by atoms with Gasteiger partial charge in [-0.05, 0) is 36.8 Å². The van der Waals surface area contributed by atoms with E-state index >= 15 is 0 Å². The third kappa shape index (κ3) is 1.76. The van der Waals surface area contributed by atoms with Gasteiger partial charge in [-0.15, -0.1) is 0 Å². The summed E-state index contributed by atoms with van der Waals surface area (Å²) in [5.74, 6) is 0.500. The van der Waals surface area contributed by atoms with E-state index in [-0.39, 0.29) is 0 Å². The Bertz CT molecular complexity index is 964. The van der Waals surface area contributed by atoms with Crippen LogP contribution in [0.5, 0.6) is 0 Å². The van der Waals surface area contributed by atoms with E-state index in [1.165, 1.54) is 5.56 Å². The molecule has 0 aliphatic rings. The SMILES string of the molecule is Cc1ccc2c(c1)nc(N)n2-c1cccc2cnccc12. The van der Waals surface area contributed by atoms with E-state index in [0.29, 0.717) is 5.95 Å². The third-order valence-electron chi connectivity index (χ3n) is 3.73. The molecule has 102 valence electrons. The fourth-order valence-electron chi connectivity index (χ4n) is 2.76. The van der Waals surface area contributed by atoms with Crippen molar-refractivity contribution in [2.75, 3.05) is 5.73 Å². The first-order valence-corrected chi connectivity index (χ1v) is 6.82. The van der Waals surface area contributed by atoms with E-state index in [4.69, 9.17) is 5.73 Å². The van der Waals surface area contributed by atoms with E-state index in [9.17, 15) is 0 Å². The Hall–Kier alpha value is -2.88. The number of hydrogen-bond donors (Lipinski definition) is 1. The Morgan fingerprint density at radius 1 is 1.10 bits per heavy atom. The number of pyridine rings is 1. The minimum atomic E-state index is 0.500. The molecule has 2 aromatic carbocycles. The molecule has 0 saturated carbocycles. The van der Waals surface area contributed by atoms with Crippen LogP contribution in [0.1, 0.15) is 5.56 Å². The van der Waals surface area contributed by atoms with Crippen molar-refractivity contribution >= 4 is 27.8 Å². The van der Waals surface area contributed by atoms with Crippen molar-refractivity contribution in [3.8, 4) is 5.69 Å². The monoisotopic (exact) mass is 274 g/mol. The predicted molar refractivity (Wildman–Crippen MR) is 85.5 cm³/mol. The molecular weight excluding hydrogens is 260 g/mol. The Labute approximate surface area is 121 Å². The van der Waals surface area contributed by atoms with Crippen molar-refractivity contribution in [1.82, 2.24) is 14.5 Å². The lowest BCUT2D eigenvalue weighted by atomic mass is 10.1. The summed E-state index contributed by atoms with van der Waals surface area (Å²) in [7, 11) is 0. The number of anilines is 1. The number of aryl methyl sites for hydroxylation is 1. The maximum Gasteiger partial charge on any atom is 0.205 e. The molecule has 0 radical (unpaired) electrons. The highest BCUT2D eigenvalue weighted by Gasteiger charge is 2.12. The summed E-state index contributed by atoms with van der Waals surface area (Å²) >= 11 is 0. The number of nitrogens with two attached hydrogens (primary N) is 1. The van der Waals surface area contributed by atoms with Gasteiger partial charge in [0.15, 0.2) is 0 Å². The highest BCUT2D eigenvalue weighted by molar-refractivity contribution is 5.93. The maximum absolute atomic E-state index is 6.16. The summed E-state index contributed by atoms with van der Waals surface area (Å²) in [6.07, 6.45) is 3.66. The van der Waals surface area contributed by atoms with Gasteiger partial charge in [-0.25, -0.2) is 4.98 Å². The topological polar surface area (TPSA) is 56.7 Å². The number of aromatic nitrogens is 3. The van der Waals surface area contributed by atoms with Gasteiger partial charge in [-0.2, -0.15) is 0 Å². The molecule has 0 unspecified atom stereocenters. The Morgan fingerprint density at radius 3 is 2.90 bits per heavy atom. The molecular formula is C17H14N4. The highest BCUT2D eigenvalue weighted by Crippen LogP contribution is 2.28. The van der Waals surface area contributed by atoms with Crippen molar-refractivity contribution in [1.29, 1.82) is 0 Å². The maximum atomic E-state index is 6.16. The second-order valence-corrected chi connectivity index (χ2v) is 5.17. The zero-order valence-corrected chi connectivity index (χ0v) is 11.6. The minimum absolute atomic E-state index is 0.500. The molecule has 0 bridgehead atoms. The fraction of sp³-hybridized carbons (Fsp3) is 0.0588. The number of nitrogen functional groups attached to an aromatic ring is 1. The van der Waals surface area contributed by atoms with Crippen LogP contribution in [0, 0.1) is 6.92 Å². The number of fused-ring (bicyclic) bond motifs is 2. The first-order chi connectivity index (χ1) is 10.2. The van der Waals surface area contributed by atoms with E-state index in [1.807, 2.05) is 29.0 Å². The van der Waals surface area contributed by atoms with Gasteiger partial charge >= 0.3 is 0 Å². The molecule has 2 N–H and O–H groups in total. The second kappa shape index (κ2) is 4.31. The van der Waals surface area contributed by atoms with Crippen LogP contribution in [0.3, 0.4) is 0 Å². The highest BCUT2D eigenvalue weighted by atomic mass is 15.2. The van der Waals surface area contributed by atoms with Gasteiger partial charge in [-0.3, -0.25) is 9.55 Å². The molecule has 0 fully saturated rings. The number of rotatable bonds is 1. The smallest absolute Gasteiger partial charge is 0.205 e. The van der Waals surface area contributed by atoms with Gasteiger partial charge in [0.2, 0.25) is 5.95 Å². The van der Waals surface area contributed by atoms with Crippen molar-refractivity contribution in [3.05, 3.63) is 60.4 Å². The van der Waals surface area contributed by atoms with Crippen molar-refractivity contribution < 1.29 is 0 Å². The molecule has 0 saturated heterocycles. The summed E-state index contributed by atoms with van der Waals surface area (Å²) in [6.45, 7) is 2.05. The third-order valence-corrected chi connectivity index (χ3v) is 3.73. The lowest BCUT2D eigenvalue weighted by Gasteiger charge is -2.10. The van der Waals surface area contributed by atoms with Gasteiger partial charge in [0, 0.05) is 23.2 Å².